The van der Waals surface area contributed by atoms with Gasteiger partial charge in [0.05, 0.1) is 6.07 Å². The van der Waals surface area contributed by atoms with Crippen molar-refractivity contribution in [3.63, 3.8) is 0 Å². The predicted octanol–water partition coefficient (Wildman–Crippen LogP) is 2.77. The SMILES string of the molecule is CNC1(C#N)CCCC(Oc2cccc(F)c2F)C1. The number of nitrogens with one attached hydrogen (secondary N) is 1. The Balaban J connectivity index is 2.11. The first-order valence-electron chi connectivity index (χ1n) is 6.31. The van der Waals surface area contributed by atoms with E-state index in [-0.39, 0.29) is 11.9 Å². The summed E-state index contributed by atoms with van der Waals surface area (Å²) in [4.78, 5) is 0. The molecule has 2 rings (SSSR count). The Kier molecular flexibility index (Phi) is 4.01. The molecule has 5 heteroatoms. The van der Waals surface area contributed by atoms with Crippen LogP contribution in [0, 0.1) is 23.0 Å². The van der Waals surface area contributed by atoms with Gasteiger partial charge in [0, 0.05) is 6.42 Å². The van der Waals surface area contributed by atoms with Gasteiger partial charge in [-0.05, 0) is 38.4 Å². The fraction of sp³-hybridized carbons (Fsp3) is 0.500. The number of benzene rings is 1. The van der Waals surface area contributed by atoms with Crippen molar-refractivity contribution in [2.45, 2.75) is 37.3 Å². The Morgan fingerprint density at radius 2 is 2.26 bits per heavy atom. The minimum atomic E-state index is -0.972. The molecular formula is C14H16F2N2O. The maximum absolute atomic E-state index is 13.5. The van der Waals surface area contributed by atoms with Crippen LogP contribution in [0.5, 0.6) is 5.75 Å². The summed E-state index contributed by atoms with van der Waals surface area (Å²) in [5.41, 5.74) is -0.632. The summed E-state index contributed by atoms with van der Waals surface area (Å²) in [6.45, 7) is 0. The Labute approximate surface area is 111 Å². The van der Waals surface area contributed by atoms with Gasteiger partial charge in [0.2, 0.25) is 5.82 Å². The van der Waals surface area contributed by atoms with E-state index in [0.29, 0.717) is 6.42 Å². The molecule has 1 N–H and O–H groups in total. The number of ether oxygens (including phenoxy) is 1. The lowest BCUT2D eigenvalue weighted by Gasteiger charge is -2.35. The summed E-state index contributed by atoms with van der Waals surface area (Å²) in [5.74, 6) is -1.98. The molecule has 0 radical (unpaired) electrons. The smallest absolute Gasteiger partial charge is 0.200 e. The third-order valence-corrected chi connectivity index (χ3v) is 3.61. The summed E-state index contributed by atoms with van der Waals surface area (Å²) in [5, 5.41) is 12.2. The lowest BCUT2D eigenvalue weighted by atomic mass is 9.81. The van der Waals surface area contributed by atoms with Crippen molar-refractivity contribution >= 4 is 0 Å². The molecule has 0 spiro atoms. The Morgan fingerprint density at radius 3 is 2.95 bits per heavy atom. The molecule has 0 bridgehead atoms. The minimum Gasteiger partial charge on any atom is -0.487 e. The van der Waals surface area contributed by atoms with E-state index >= 15 is 0 Å². The van der Waals surface area contributed by atoms with Gasteiger partial charge in [-0.3, -0.25) is 0 Å². The lowest BCUT2D eigenvalue weighted by Crippen LogP contribution is -2.48. The summed E-state index contributed by atoms with van der Waals surface area (Å²) in [7, 11) is 1.73. The summed E-state index contributed by atoms with van der Waals surface area (Å²) < 4.78 is 32.2. The van der Waals surface area contributed by atoms with Crippen LogP contribution < -0.4 is 10.1 Å². The molecule has 0 aliphatic heterocycles. The molecule has 2 atom stereocenters. The van der Waals surface area contributed by atoms with Gasteiger partial charge in [0.1, 0.15) is 11.6 Å². The third-order valence-electron chi connectivity index (χ3n) is 3.61. The summed E-state index contributed by atoms with van der Waals surface area (Å²) in [6.07, 6.45) is 2.48. The maximum Gasteiger partial charge on any atom is 0.200 e. The fourth-order valence-electron chi connectivity index (χ4n) is 2.46. The average Bonchev–Trinajstić information content (AvgIpc) is 2.44. The van der Waals surface area contributed by atoms with Crippen LogP contribution in [0.1, 0.15) is 25.7 Å². The van der Waals surface area contributed by atoms with Crippen molar-refractivity contribution in [3.05, 3.63) is 29.8 Å². The molecular weight excluding hydrogens is 250 g/mol. The molecule has 1 aliphatic rings. The number of hydrogen-bond acceptors (Lipinski definition) is 3. The van der Waals surface area contributed by atoms with E-state index in [9.17, 15) is 14.0 Å². The molecule has 102 valence electrons. The molecule has 1 saturated carbocycles. The molecule has 0 amide bonds. The maximum atomic E-state index is 13.5. The molecule has 19 heavy (non-hydrogen) atoms. The molecule has 0 saturated heterocycles. The van der Waals surface area contributed by atoms with E-state index < -0.39 is 17.2 Å². The number of rotatable bonds is 3. The number of halogens is 2. The van der Waals surface area contributed by atoms with Crippen LogP contribution in [0.15, 0.2) is 18.2 Å². The van der Waals surface area contributed by atoms with Gasteiger partial charge in [-0.1, -0.05) is 6.07 Å². The third kappa shape index (κ3) is 2.85. The predicted molar refractivity (Wildman–Crippen MR) is 66.6 cm³/mol. The van der Waals surface area contributed by atoms with Crippen molar-refractivity contribution in [2.75, 3.05) is 7.05 Å². The summed E-state index contributed by atoms with van der Waals surface area (Å²) in [6, 6.07) is 6.11. The van der Waals surface area contributed by atoms with E-state index in [1.165, 1.54) is 12.1 Å². The van der Waals surface area contributed by atoms with Gasteiger partial charge < -0.3 is 10.1 Å². The van der Waals surface area contributed by atoms with Crippen LogP contribution in [0.3, 0.4) is 0 Å². The second-order valence-electron chi connectivity index (χ2n) is 4.83. The lowest BCUT2D eigenvalue weighted by molar-refractivity contribution is 0.110. The Morgan fingerprint density at radius 1 is 1.47 bits per heavy atom. The van der Waals surface area contributed by atoms with Gasteiger partial charge in [0.25, 0.3) is 0 Å². The van der Waals surface area contributed by atoms with Gasteiger partial charge in [-0.25, -0.2) is 4.39 Å². The van der Waals surface area contributed by atoms with Gasteiger partial charge in [-0.2, -0.15) is 9.65 Å². The molecule has 3 nitrogen and oxygen atoms in total. The normalized spacial score (nSPS) is 26.7. The fourth-order valence-corrected chi connectivity index (χ4v) is 2.46. The largest absolute Gasteiger partial charge is 0.487 e. The number of nitriles is 1. The van der Waals surface area contributed by atoms with Crippen LogP contribution in [0.4, 0.5) is 8.78 Å². The van der Waals surface area contributed by atoms with Crippen LogP contribution in [-0.2, 0) is 0 Å². The highest BCUT2D eigenvalue weighted by Crippen LogP contribution is 2.31. The highest BCUT2D eigenvalue weighted by molar-refractivity contribution is 5.25. The number of hydrogen-bond donors (Lipinski definition) is 1. The highest BCUT2D eigenvalue weighted by atomic mass is 19.2. The number of nitrogens with zero attached hydrogens (tertiary/aromatic N) is 1. The second-order valence-corrected chi connectivity index (χ2v) is 4.83. The van der Waals surface area contributed by atoms with Crippen LogP contribution in [-0.4, -0.2) is 18.7 Å². The van der Waals surface area contributed by atoms with Crippen molar-refractivity contribution in [1.29, 1.82) is 5.26 Å². The monoisotopic (exact) mass is 266 g/mol. The highest BCUT2D eigenvalue weighted by Gasteiger charge is 2.36. The molecule has 0 aromatic heterocycles. The standard InChI is InChI=1S/C14H16F2N2O/c1-18-14(9-17)7-3-4-10(8-14)19-12-6-2-5-11(15)13(12)16/h2,5-6,10,18H,3-4,7-8H2,1H3. The quantitative estimate of drug-likeness (QED) is 0.915. The van der Waals surface area contributed by atoms with Gasteiger partial charge in [-0.15, -0.1) is 0 Å². The van der Waals surface area contributed by atoms with Crippen molar-refractivity contribution in [2.24, 2.45) is 0 Å². The zero-order valence-corrected chi connectivity index (χ0v) is 10.7. The second kappa shape index (κ2) is 5.54. The molecule has 1 aromatic carbocycles. The molecule has 1 aliphatic carbocycles. The Bertz CT molecular complexity index is 501. The molecule has 0 heterocycles. The molecule has 1 fully saturated rings. The van der Waals surface area contributed by atoms with E-state index in [1.807, 2.05) is 0 Å². The van der Waals surface area contributed by atoms with E-state index in [4.69, 9.17) is 4.74 Å². The average molecular weight is 266 g/mol. The van der Waals surface area contributed by atoms with E-state index in [0.717, 1.165) is 25.3 Å². The zero-order valence-electron chi connectivity index (χ0n) is 10.7. The van der Waals surface area contributed by atoms with E-state index in [1.54, 1.807) is 7.05 Å². The topological polar surface area (TPSA) is 45.0 Å². The van der Waals surface area contributed by atoms with Crippen molar-refractivity contribution < 1.29 is 13.5 Å². The van der Waals surface area contributed by atoms with Crippen LogP contribution >= 0.6 is 0 Å². The van der Waals surface area contributed by atoms with Crippen LogP contribution in [0.25, 0.3) is 0 Å². The molecule has 1 aromatic rings. The minimum absolute atomic E-state index is 0.0881. The zero-order chi connectivity index (χ0) is 13.9. The first-order chi connectivity index (χ1) is 9.10. The van der Waals surface area contributed by atoms with Crippen LogP contribution in [0.2, 0.25) is 0 Å². The molecule has 2 unspecified atom stereocenters. The van der Waals surface area contributed by atoms with Crippen molar-refractivity contribution in [1.82, 2.24) is 5.32 Å². The van der Waals surface area contributed by atoms with Gasteiger partial charge in [0.15, 0.2) is 11.6 Å². The van der Waals surface area contributed by atoms with E-state index in [2.05, 4.69) is 11.4 Å². The van der Waals surface area contributed by atoms with Crippen molar-refractivity contribution in [3.8, 4) is 11.8 Å². The van der Waals surface area contributed by atoms with Gasteiger partial charge >= 0.3 is 0 Å². The first kappa shape index (κ1) is 13.8. The summed E-state index contributed by atoms with van der Waals surface area (Å²) >= 11 is 0. The first-order valence-corrected chi connectivity index (χ1v) is 6.31. The Hall–Kier alpha value is -1.67.